The first-order valence-electron chi connectivity index (χ1n) is 9.10. The van der Waals surface area contributed by atoms with Gasteiger partial charge in [-0.25, -0.2) is 0 Å². The van der Waals surface area contributed by atoms with Crippen molar-refractivity contribution in [1.82, 2.24) is 0 Å². The van der Waals surface area contributed by atoms with Gasteiger partial charge in [-0.2, -0.15) is 0 Å². The van der Waals surface area contributed by atoms with Gasteiger partial charge in [0.2, 0.25) is 0 Å². The van der Waals surface area contributed by atoms with E-state index in [1.807, 2.05) is 0 Å². The summed E-state index contributed by atoms with van der Waals surface area (Å²) < 4.78 is 0.696. The highest BCUT2D eigenvalue weighted by atomic mass is 79.9. The molecule has 1 N–H and O–H groups in total. The highest BCUT2D eigenvalue weighted by Gasteiger charge is 2.51. The summed E-state index contributed by atoms with van der Waals surface area (Å²) in [6, 6.07) is 9.86. The molecule has 0 aliphatic carbocycles. The Balaban J connectivity index is 0.00000300. The lowest BCUT2D eigenvalue weighted by atomic mass is 9.72. The quantitative estimate of drug-likeness (QED) is 0.477. The van der Waals surface area contributed by atoms with Crippen LogP contribution in [0.3, 0.4) is 0 Å². The monoisotopic (exact) mass is 539 g/mol. The number of Topliss-reactive ketones (excluding diaryl/α,β-unsaturated/α-hetero) is 1. The normalized spacial score (nSPS) is 26.7. The number of aliphatic hydroxyl groups is 1. The molecule has 158 valence electrons. The van der Waals surface area contributed by atoms with Gasteiger partial charge in [-0.1, -0.05) is 52.5 Å². The molecular weight excluding hydrogens is 520 g/mol. The third-order valence-electron chi connectivity index (χ3n) is 5.94. The molecule has 1 fully saturated rings. The van der Waals surface area contributed by atoms with E-state index in [1.165, 1.54) is 0 Å². The Labute approximate surface area is 201 Å². The summed E-state index contributed by atoms with van der Waals surface area (Å²) >= 11 is 24.4. The lowest BCUT2D eigenvalue weighted by Gasteiger charge is -2.48. The molecule has 2 aromatic carbocycles. The molecule has 1 aliphatic heterocycles. The number of hydrogen-bond acceptors (Lipinski definition) is 2. The van der Waals surface area contributed by atoms with Crippen LogP contribution in [0.5, 0.6) is 0 Å². The van der Waals surface area contributed by atoms with Crippen LogP contribution in [-0.4, -0.2) is 42.1 Å². The Bertz CT molecular complexity index is 926. The smallest absolute Gasteiger partial charge is 0.174 e. The van der Waals surface area contributed by atoms with Crippen LogP contribution >= 0.6 is 46.4 Å². The summed E-state index contributed by atoms with van der Waals surface area (Å²) in [5.41, 5.74) is -0.310. The Kier molecular flexibility index (Phi) is 8.11. The Morgan fingerprint density at radius 2 is 1.66 bits per heavy atom. The fourth-order valence-electron chi connectivity index (χ4n) is 3.85. The van der Waals surface area contributed by atoms with E-state index in [4.69, 9.17) is 46.4 Å². The van der Waals surface area contributed by atoms with Crippen molar-refractivity contribution in [3.63, 3.8) is 0 Å². The molecular formula is C21H22BrCl4NO2. The summed E-state index contributed by atoms with van der Waals surface area (Å²) in [4.78, 5) is 13.5. The lowest BCUT2D eigenvalue weighted by Crippen LogP contribution is -3.00. The van der Waals surface area contributed by atoms with E-state index in [0.29, 0.717) is 48.7 Å². The Morgan fingerprint density at radius 3 is 2.21 bits per heavy atom. The van der Waals surface area contributed by atoms with Crippen LogP contribution in [0.2, 0.25) is 20.1 Å². The van der Waals surface area contributed by atoms with Crippen molar-refractivity contribution >= 4 is 52.2 Å². The third-order valence-corrected chi connectivity index (χ3v) is 7.41. The second-order valence-corrected chi connectivity index (χ2v) is 9.32. The molecule has 1 aliphatic rings. The van der Waals surface area contributed by atoms with E-state index in [2.05, 4.69) is 14.0 Å². The number of hydrogen-bond donors (Lipinski definition) is 1. The first-order chi connectivity index (χ1) is 13.1. The van der Waals surface area contributed by atoms with Crippen molar-refractivity contribution in [2.24, 2.45) is 5.92 Å². The van der Waals surface area contributed by atoms with Gasteiger partial charge in [0.15, 0.2) is 5.78 Å². The fraction of sp³-hybridized carbons (Fsp3) is 0.381. The van der Waals surface area contributed by atoms with Crippen molar-refractivity contribution in [1.29, 1.82) is 0 Å². The number of nitrogens with zero attached hydrogens (tertiary/aromatic N) is 1. The van der Waals surface area contributed by atoms with Gasteiger partial charge in [-0.3, -0.25) is 4.79 Å². The third kappa shape index (κ3) is 4.95. The zero-order valence-electron chi connectivity index (χ0n) is 16.1. The Hall–Kier alpha value is -0.330. The van der Waals surface area contributed by atoms with E-state index in [9.17, 15) is 9.90 Å². The number of benzene rings is 2. The number of rotatable bonds is 4. The van der Waals surface area contributed by atoms with Crippen molar-refractivity contribution < 1.29 is 31.4 Å². The first-order valence-corrected chi connectivity index (χ1v) is 10.6. The number of likely N-dealkylation sites (tertiary alicyclic amines) is 1. The molecule has 0 radical (unpaired) electrons. The predicted molar refractivity (Wildman–Crippen MR) is 116 cm³/mol. The van der Waals surface area contributed by atoms with Crippen molar-refractivity contribution in [2.75, 3.05) is 26.7 Å². The van der Waals surface area contributed by atoms with Gasteiger partial charge in [-0.05, 0) is 42.8 Å². The highest BCUT2D eigenvalue weighted by molar-refractivity contribution is 6.42. The second kappa shape index (κ2) is 9.44. The molecule has 3 unspecified atom stereocenters. The van der Waals surface area contributed by atoms with Gasteiger partial charge in [0, 0.05) is 12.0 Å². The average molecular weight is 542 g/mol. The summed E-state index contributed by atoms with van der Waals surface area (Å²) in [6.07, 6.45) is 0.438. The molecule has 8 heteroatoms. The number of carbonyl (C=O) groups excluding carboxylic acids is 1. The summed E-state index contributed by atoms with van der Waals surface area (Å²) in [5, 5.41) is 13.2. The molecule has 1 saturated heterocycles. The van der Waals surface area contributed by atoms with Crippen molar-refractivity contribution in [2.45, 2.75) is 18.9 Å². The van der Waals surface area contributed by atoms with Crippen LogP contribution in [-0.2, 0) is 5.60 Å². The maximum absolute atomic E-state index is 13.5. The summed E-state index contributed by atoms with van der Waals surface area (Å²) in [7, 11) is 2.10. The molecule has 1 heterocycles. The maximum Gasteiger partial charge on any atom is 0.174 e. The molecule has 3 nitrogen and oxygen atoms in total. The summed E-state index contributed by atoms with van der Waals surface area (Å²) in [5.74, 6) is -0.815. The molecule has 0 saturated carbocycles. The Morgan fingerprint density at radius 1 is 1.07 bits per heavy atom. The number of halogens is 5. The SMILES string of the molecule is CC[N+]1(C)CCC(O)(c2ccc(Cl)c(Cl)c2)C(C(=O)c2ccc(Cl)c(Cl)c2)C1.[Br-]. The molecule has 0 bridgehead atoms. The van der Waals surface area contributed by atoms with E-state index in [0.717, 1.165) is 13.1 Å². The molecule has 2 aromatic rings. The number of ketones is 1. The van der Waals surface area contributed by atoms with Crippen LogP contribution < -0.4 is 17.0 Å². The van der Waals surface area contributed by atoms with E-state index >= 15 is 0 Å². The zero-order valence-corrected chi connectivity index (χ0v) is 20.7. The molecule has 29 heavy (non-hydrogen) atoms. The van der Waals surface area contributed by atoms with E-state index in [-0.39, 0.29) is 22.8 Å². The van der Waals surface area contributed by atoms with Crippen LogP contribution in [0.1, 0.15) is 29.3 Å². The minimum atomic E-state index is -1.34. The standard InChI is InChI=1S/C21H22Cl4NO2.BrH/c1-3-26(2)9-8-21(28,14-5-7-17(23)19(25)11-14)15(12-26)20(27)13-4-6-16(22)18(24)10-13;/h4-7,10-11,15,28H,3,8-9,12H2,1-2H3;1H/q+1;/p-1. The van der Waals surface area contributed by atoms with Crippen LogP contribution in [0.25, 0.3) is 0 Å². The maximum atomic E-state index is 13.5. The van der Waals surface area contributed by atoms with Gasteiger partial charge in [0.25, 0.3) is 0 Å². The van der Waals surface area contributed by atoms with Crippen LogP contribution in [0, 0.1) is 5.92 Å². The van der Waals surface area contributed by atoms with Gasteiger partial charge < -0.3 is 26.6 Å². The number of carbonyl (C=O) groups is 1. The molecule has 3 rings (SSSR count). The van der Waals surface area contributed by atoms with Gasteiger partial charge in [0.1, 0.15) is 11.5 Å². The predicted octanol–water partition coefficient (Wildman–Crippen LogP) is 2.86. The number of quaternary nitrogens is 1. The summed E-state index contributed by atoms with van der Waals surface area (Å²) in [6.45, 7) is 4.21. The first kappa shape index (κ1) is 24.9. The molecule has 3 atom stereocenters. The van der Waals surface area contributed by atoms with Gasteiger partial charge >= 0.3 is 0 Å². The average Bonchev–Trinajstić information content (AvgIpc) is 2.67. The molecule has 0 amide bonds. The van der Waals surface area contributed by atoms with Gasteiger partial charge in [0.05, 0.1) is 46.8 Å². The van der Waals surface area contributed by atoms with E-state index < -0.39 is 11.5 Å². The fourth-order valence-corrected chi connectivity index (χ4v) is 4.44. The lowest BCUT2D eigenvalue weighted by molar-refractivity contribution is -0.917. The minimum absolute atomic E-state index is 0. The van der Waals surface area contributed by atoms with Gasteiger partial charge in [-0.15, -0.1) is 0 Å². The van der Waals surface area contributed by atoms with Crippen LogP contribution in [0.15, 0.2) is 36.4 Å². The largest absolute Gasteiger partial charge is 1.00 e. The zero-order chi connectivity index (χ0) is 20.7. The second-order valence-electron chi connectivity index (χ2n) is 7.69. The number of piperidine rings is 1. The van der Waals surface area contributed by atoms with Crippen LogP contribution in [0.4, 0.5) is 0 Å². The van der Waals surface area contributed by atoms with Crippen molar-refractivity contribution in [3.8, 4) is 0 Å². The topological polar surface area (TPSA) is 37.3 Å². The van der Waals surface area contributed by atoms with Crippen molar-refractivity contribution in [3.05, 3.63) is 67.6 Å². The minimum Gasteiger partial charge on any atom is -1.00 e. The van der Waals surface area contributed by atoms with E-state index in [1.54, 1.807) is 36.4 Å². The highest BCUT2D eigenvalue weighted by Crippen LogP contribution is 2.43. The molecule has 0 spiro atoms. The molecule has 0 aromatic heterocycles.